The molecule has 24 heavy (non-hydrogen) atoms. The lowest BCUT2D eigenvalue weighted by Crippen LogP contribution is -2.38. The van der Waals surface area contributed by atoms with Crippen LogP contribution in [0.1, 0.15) is 40.4 Å². The fourth-order valence-corrected chi connectivity index (χ4v) is 3.51. The molecule has 2 aromatic rings. The van der Waals surface area contributed by atoms with Gasteiger partial charge in [0.2, 0.25) is 0 Å². The molecule has 4 heterocycles. The number of amides is 1. The van der Waals surface area contributed by atoms with Crippen molar-refractivity contribution in [2.24, 2.45) is 0 Å². The Labute approximate surface area is 142 Å². The van der Waals surface area contributed by atoms with E-state index in [-0.39, 0.29) is 5.91 Å². The van der Waals surface area contributed by atoms with E-state index in [4.69, 9.17) is 4.98 Å². The quantitative estimate of drug-likeness (QED) is 0.864. The summed E-state index contributed by atoms with van der Waals surface area (Å²) in [5, 5.41) is 0. The number of carbonyl (C=O) groups excluding carboxylic acids is 1. The zero-order valence-corrected chi connectivity index (χ0v) is 14.1. The molecular weight excluding hydrogens is 302 g/mol. The number of nitrogens with zero attached hydrogens (tertiary/aromatic N) is 5. The number of fused-ring (bicyclic) bond motifs is 1. The van der Waals surface area contributed by atoms with E-state index in [2.05, 4.69) is 20.6 Å². The summed E-state index contributed by atoms with van der Waals surface area (Å²) in [6.45, 7) is 7.31. The summed E-state index contributed by atoms with van der Waals surface area (Å²) in [4.78, 5) is 26.0. The lowest BCUT2D eigenvalue weighted by molar-refractivity contribution is 0.0707. The van der Waals surface area contributed by atoms with Crippen LogP contribution in [0.2, 0.25) is 0 Å². The normalized spacial score (nSPS) is 18.0. The van der Waals surface area contributed by atoms with Crippen LogP contribution in [0.15, 0.2) is 24.5 Å². The predicted molar refractivity (Wildman–Crippen MR) is 90.5 cm³/mol. The van der Waals surface area contributed by atoms with Crippen molar-refractivity contribution in [3.05, 3.63) is 47.3 Å². The molecule has 0 spiro atoms. The highest BCUT2D eigenvalue weighted by Crippen LogP contribution is 2.18. The molecule has 0 bridgehead atoms. The molecule has 0 saturated carbocycles. The van der Waals surface area contributed by atoms with Gasteiger partial charge in [0.25, 0.3) is 5.91 Å². The maximum absolute atomic E-state index is 12.6. The monoisotopic (exact) mass is 325 g/mol. The Bertz CT molecular complexity index is 730. The molecule has 2 aromatic heterocycles. The minimum Gasteiger partial charge on any atom is -0.331 e. The minimum absolute atomic E-state index is 0.0397. The number of carbonyl (C=O) groups is 1. The minimum atomic E-state index is 0.0397. The molecule has 4 rings (SSSR count). The number of aryl methyl sites for hydroxylation is 1. The SMILES string of the molecule is Cc1ccc(C(=O)N2CCn3cc(CN4CCCC4)nc3C2)cn1. The molecule has 6 heteroatoms. The summed E-state index contributed by atoms with van der Waals surface area (Å²) < 4.78 is 2.20. The molecule has 2 aliphatic rings. The van der Waals surface area contributed by atoms with Crippen LogP contribution in [-0.4, -0.2) is 49.9 Å². The second kappa shape index (κ2) is 6.36. The number of rotatable bonds is 3. The van der Waals surface area contributed by atoms with Crippen molar-refractivity contribution in [2.75, 3.05) is 19.6 Å². The lowest BCUT2D eigenvalue weighted by atomic mass is 10.2. The highest BCUT2D eigenvalue weighted by atomic mass is 16.2. The van der Waals surface area contributed by atoms with Gasteiger partial charge in [-0.15, -0.1) is 0 Å². The van der Waals surface area contributed by atoms with Crippen LogP contribution < -0.4 is 0 Å². The van der Waals surface area contributed by atoms with E-state index in [0.29, 0.717) is 12.1 Å². The van der Waals surface area contributed by atoms with Gasteiger partial charge in [-0.05, 0) is 45.0 Å². The van der Waals surface area contributed by atoms with E-state index in [0.717, 1.165) is 36.8 Å². The van der Waals surface area contributed by atoms with Crippen molar-refractivity contribution in [3.8, 4) is 0 Å². The van der Waals surface area contributed by atoms with Crippen LogP contribution in [0.3, 0.4) is 0 Å². The first kappa shape index (κ1) is 15.3. The van der Waals surface area contributed by atoms with Gasteiger partial charge in [-0.25, -0.2) is 4.98 Å². The third kappa shape index (κ3) is 3.06. The molecule has 0 unspecified atom stereocenters. The third-order valence-electron chi connectivity index (χ3n) is 4.88. The summed E-state index contributed by atoms with van der Waals surface area (Å²) in [7, 11) is 0. The molecule has 2 aliphatic heterocycles. The van der Waals surface area contributed by atoms with Crippen LogP contribution in [-0.2, 0) is 19.6 Å². The zero-order chi connectivity index (χ0) is 16.5. The van der Waals surface area contributed by atoms with Crippen LogP contribution in [0.5, 0.6) is 0 Å². The first-order chi connectivity index (χ1) is 11.7. The van der Waals surface area contributed by atoms with Gasteiger partial charge in [0.15, 0.2) is 0 Å². The van der Waals surface area contributed by atoms with E-state index in [1.807, 2.05) is 24.0 Å². The topological polar surface area (TPSA) is 54.3 Å². The fraction of sp³-hybridized carbons (Fsp3) is 0.500. The molecule has 0 aliphatic carbocycles. The van der Waals surface area contributed by atoms with Crippen molar-refractivity contribution in [2.45, 2.75) is 39.4 Å². The van der Waals surface area contributed by atoms with Crippen molar-refractivity contribution in [1.82, 2.24) is 24.3 Å². The first-order valence-corrected chi connectivity index (χ1v) is 8.68. The van der Waals surface area contributed by atoms with Crippen LogP contribution in [0.4, 0.5) is 0 Å². The largest absolute Gasteiger partial charge is 0.331 e. The average molecular weight is 325 g/mol. The van der Waals surface area contributed by atoms with E-state index in [9.17, 15) is 4.79 Å². The van der Waals surface area contributed by atoms with Crippen molar-refractivity contribution in [3.63, 3.8) is 0 Å². The molecule has 1 fully saturated rings. The van der Waals surface area contributed by atoms with Crippen LogP contribution in [0, 0.1) is 6.92 Å². The Kier molecular flexibility index (Phi) is 4.06. The molecular formula is C18H23N5O. The molecule has 0 radical (unpaired) electrons. The molecule has 0 N–H and O–H groups in total. The van der Waals surface area contributed by atoms with Crippen molar-refractivity contribution >= 4 is 5.91 Å². The molecule has 1 amide bonds. The zero-order valence-electron chi connectivity index (χ0n) is 14.1. The average Bonchev–Trinajstić information content (AvgIpc) is 3.23. The predicted octanol–water partition coefficient (Wildman–Crippen LogP) is 1.84. The standard InChI is InChI=1S/C18H23N5O/c1-14-4-5-15(10-19-14)18(24)23-9-8-22-12-16(20-17(22)13-23)11-21-6-2-3-7-21/h4-5,10,12H,2-3,6-9,11,13H2,1H3. The molecule has 6 nitrogen and oxygen atoms in total. The van der Waals surface area contributed by atoms with Gasteiger partial charge < -0.3 is 9.47 Å². The Morgan fingerprint density at radius 3 is 2.75 bits per heavy atom. The fourth-order valence-electron chi connectivity index (χ4n) is 3.51. The number of imidazole rings is 1. The Hall–Kier alpha value is -2.21. The number of aromatic nitrogens is 3. The smallest absolute Gasteiger partial charge is 0.255 e. The van der Waals surface area contributed by atoms with Crippen LogP contribution >= 0.6 is 0 Å². The Morgan fingerprint density at radius 1 is 1.17 bits per heavy atom. The maximum atomic E-state index is 12.6. The van der Waals surface area contributed by atoms with Gasteiger partial charge >= 0.3 is 0 Å². The summed E-state index contributed by atoms with van der Waals surface area (Å²) in [5.74, 6) is 1.03. The number of hydrogen-bond donors (Lipinski definition) is 0. The van der Waals surface area contributed by atoms with E-state index >= 15 is 0 Å². The second-order valence-corrected chi connectivity index (χ2v) is 6.74. The van der Waals surface area contributed by atoms with E-state index in [1.54, 1.807) is 6.20 Å². The Balaban J connectivity index is 1.46. The van der Waals surface area contributed by atoms with Gasteiger partial charge in [0.05, 0.1) is 17.8 Å². The van der Waals surface area contributed by atoms with Gasteiger partial charge in [0, 0.05) is 37.7 Å². The summed E-state index contributed by atoms with van der Waals surface area (Å²) in [6.07, 6.45) is 6.40. The van der Waals surface area contributed by atoms with E-state index in [1.165, 1.54) is 25.9 Å². The summed E-state index contributed by atoms with van der Waals surface area (Å²) in [5.41, 5.74) is 2.70. The molecule has 0 atom stereocenters. The molecule has 0 aromatic carbocycles. The second-order valence-electron chi connectivity index (χ2n) is 6.74. The highest BCUT2D eigenvalue weighted by Gasteiger charge is 2.24. The number of likely N-dealkylation sites (tertiary alicyclic amines) is 1. The molecule has 126 valence electrons. The number of pyridine rings is 1. The third-order valence-corrected chi connectivity index (χ3v) is 4.88. The van der Waals surface area contributed by atoms with Gasteiger partial charge in [-0.1, -0.05) is 0 Å². The summed E-state index contributed by atoms with van der Waals surface area (Å²) in [6, 6.07) is 3.73. The number of hydrogen-bond acceptors (Lipinski definition) is 4. The molecule has 1 saturated heterocycles. The van der Waals surface area contributed by atoms with Crippen molar-refractivity contribution in [1.29, 1.82) is 0 Å². The maximum Gasteiger partial charge on any atom is 0.255 e. The van der Waals surface area contributed by atoms with Gasteiger partial charge in [-0.2, -0.15) is 0 Å². The van der Waals surface area contributed by atoms with Gasteiger partial charge in [-0.3, -0.25) is 14.7 Å². The van der Waals surface area contributed by atoms with Crippen LogP contribution in [0.25, 0.3) is 0 Å². The first-order valence-electron chi connectivity index (χ1n) is 8.68. The van der Waals surface area contributed by atoms with Gasteiger partial charge in [0.1, 0.15) is 5.82 Å². The van der Waals surface area contributed by atoms with Crippen molar-refractivity contribution < 1.29 is 4.79 Å². The highest BCUT2D eigenvalue weighted by molar-refractivity contribution is 5.93. The Morgan fingerprint density at radius 2 is 2.00 bits per heavy atom. The lowest BCUT2D eigenvalue weighted by Gasteiger charge is -2.27. The summed E-state index contributed by atoms with van der Waals surface area (Å²) >= 11 is 0. The van der Waals surface area contributed by atoms with E-state index < -0.39 is 0 Å².